The minimum atomic E-state index is -0.269. The number of amides is 1. The SMILES string of the molecule is CCCC1(C(=O)NC2CCCCC2SC)CCCN1. The fraction of sp³-hybridized carbons (Fsp3) is 0.933. The van der Waals surface area contributed by atoms with E-state index >= 15 is 0 Å². The van der Waals surface area contributed by atoms with Crippen LogP contribution in [0.4, 0.5) is 0 Å². The molecule has 1 saturated carbocycles. The average molecular weight is 284 g/mol. The van der Waals surface area contributed by atoms with E-state index in [1.807, 2.05) is 11.8 Å². The second-order valence-electron chi connectivity index (χ2n) is 6.00. The Hall–Kier alpha value is -0.220. The van der Waals surface area contributed by atoms with E-state index in [4.69, 9.17) is 0 Å². The summed E-state index contributed by atoms with van der Waals surface area (Å²) in [6.45, 7) is 3.16. The normalized spacial score (nSPS) is 35.3. The number of thioether (sulfide) groups is 1. The predicted molar refractivity (Wildman–Crippen MR) is 82.6 cm³/mol. The lowest BCUT2D eigenvalue weighted by Crippen LogP contribution is -2.57. The highest BCUT2D eigenvalue weighted by atomic mass is 32.2. The maximum absolute atomic E-state index is 12.7. The zero-order valence-electron chi connectivity index (χ0n) is 12.3. The second-order valence-corrected chi connectivity index (χ2v) is 7.08. The van der Waals surface area contributed by atoms with Gasteiger partial charge in [0.1, 0.15) is 0 Å². The first-order chi connectivity index (χ1) is 9.22. The van der Waals surface area contributed by atoms with Crippen LogP contribution in [-0.4, -0.2) is 35.5 Å². The van der Waals surface area contributed by atoms with Crippen molar-refractivity contribution in [2.75, 3.05) is 12.8 Å². The predicted octanol–water partition coefficient (Wildman–Crippen LogP) is 2.70. The third-order valence-corrected chi connectivity index (χ3v) is 5.85. The van der Waals surface area contributed by atoms with E-state index in [1.165, 1.54) is 19.3 Å². The van der Waals surface area contributed by atoms with Crippen LogP contribution >= 0.6 is 11.8 Å². The van der Waals surface area contributed by atoms with Gasteiger partial charge in [0, 0.05) is 11.3 Å². The molecule has 2 N–H and O–H groups in total. The van der Waals surface area contributed by atoms with E-state index in [2.05, 4.69) is 23.8 Å². The van der Waals surface area contributed by atoms with Gasteiger partial charge >= 0.3 is 0 Å². The van der Waals surface area contributed by atoms with E-state index < -0.39 is 0 Å². The molecule has 2 aliphatic rings. The van der Waals surface area contributed by atoms with Gasteiger partial charge in [0.15, 0.2) is 0 Å². The molecule has 0 aromatic carbocycles. The number of carbonyl (C=O) groups is 1. The van der Waals surface area contributed by atoms with Crippen LogP contribution in [0, 0.1) is 0 Å². The molecule has 110 valence electrons. The fourth-order valence-corrected chi connectivity index (χ4v) is 4.54. The Morgan fingerprint density at radius 2 is 2.16 bits per heavy atom. The van der Waals surface area contributed by atoms with Gasteiger partial charge in [0.05, 0.1) is 5.54 Å². The Morgan fingerprint density at radius 3 is 2.79 bits per heavy atom. The standard InChI is InChI=1S/C15H28N2OS/c1-3-9-15(10-6-11-16-15)14(18)17-12-7-4-5-8-13(12)19-2/h12-13,16H,3-11H2,1-2H3,(H,17,18). The molecule has 1 aliphatic heterocycles. The van der Waals surface area contributed by atoms with Gasteiger partial charge in [-0.05, 0) is 44.9 Å². The van der Waals surface area contributed by atoms with Gasteiger partial charge in [-0.2, -0.15) is 11.8 Å². The van der Waals surface area contributed by atoms with Crippen LogP contribution in [0.15, 0.2) is 0 Å². The van der Waals surface area contributed by atoms with Gasteiger partial charge < -0.3 is 10.6 Å². The molecule has 3 nitrogen and oxygen atoms in total. The molecule has 4 heteroatoms. The minimum Gasteiger partial charge on any atom is -0.351 e. The highest BCUT2D eigenvalue weighted by molar-refractivity contribution is 7.99. The Kier molecular flexibility index (Phi) is 5.58. The second kappa shape index (κ2) is 6.98. The van der Waals surface area contributed by atoms with Crippen molar-refractivity contribution in [3.63, 3.8) is 0 Å². The van der Waals surface area contributed by atoms with Crippen molar-refractivity contribution in [3.8, 4) is 0 Å². The van der Waals surface area contributed by atoms with Crippen molar-refractivity contribution < 1.29 is 4.79 Å². The summed E-state index contributed by atoms with van der Waals surface area (Å²) in [6, 6.07) is 0.382. The molecular formula is C15H28N2OS. The van der Waals surface area contributed by atoms with Gasteiger partial charge in [0.2, 0.25) is 5.91 Å². The monoisotopic (exact) mass is 284 g/mol. The van der Waals surface area contributed by atoms with Gasteiger partial charge in [-0.1, -0.05) is 26.2 Å². The van der Waals surface area contributed by atoms with E-state index in [1.54, 1.807) is 0 Å². The minimum absolute atomic E-state index is 0.262. The van der Waals surface area contributed by atoms with Crippen LogP contribution in [0.3, 0.4) is 0 Å². The largest absolute Gasteiger partial charge is 0.351 e. The van der Waals surface area contributed by atoms with Crippen molar-refractivity contribution in [2.45, 2.75) is 75.1 Å². The van der Waals surface area contributed by atoms with E-state index in [0.717, 1.165) is 38.6 Å². The topological polar surface area (TPSA) is 41.1 Å². The molecule has 0 bridgehead atoms. The lowest BCUT2D eigenvalue weighted by molar-refractivity contribution is -0.128. The number of rotatable bonds is 5. The van der Waals surface area contributed by atoms with Gasteiger partial charge in [-0.3, -0.25) is 4.79 Å². The quantitative estimate of drug-likeness (QED) is 0.815. The summed E-state index contributed by atoms with van der Waals surface area (Å²) in [6.07, 6.45) is 11.3. The van der Waals surface area contributed by atoms with Gasteiger partial charge in [0.25, 0.3) is 0 Å². The third kappa shape index (κ3) is 3.46. The fourth-order valence-electron chi connectivity index (χ4n) is 3.60. The number of carbonyl (C=O) groups excluding carboxylic acids is 1. The highest BCUT2D eigenvalue weighted by Crippen LogP contribution is 2.29. The molecule has 1 heterocycles. The van der Waals surface area contributed by atoms with Crippen molar-refractivity contribution in [1.82, 2.24) is 10.6 Å². The van der Waals surface area contributed by atoms with Crippen molar-refractivity contribution in [3.05, 3.63) is 0 Å². The maximum Gasteiger partial charge on any atom is 0.240 e. The zero-order valence-corrected chi connectivity index (χ0v) is 13.2. The first-order valence-electron chi connectivity index (χ1n) is 7.80. The first kappa shape index (κ1) is 15.2. The smallest absolute Gasteiger partial charge is 0.240 e. The summed E-state index contributed by atoms with van der Waals surface area (Å²) < 4.78 is 0. The van der Waals surface area contributed by atoms with Crippen LogP contribution in [-0.2, 0) is 4.79 Å². The molecular weight excluding hydrogens is 256 g/mol. The first-order valence-corrected chi connectivity index (χ1v) is 9.09. The van der Waals surface area contributed by atoms with Crippen molar-refractivity contribution in [2.24, 2.45) is 0 Å². The van der Waals surface area contributed by atoms with E-state index in [0.29, 0.717) is 11.3 Å². The summed E-state index contributed by atoms with van der Waals surface area (Å²) in [5.41, 5.74) is -0.269. The Balaban J connectivity index is 1.98. The molecule has 0 aromatic rings. The Labute approximate surface area is 121 Å². The van der Waals surface area contributed by atoms with Gasteiger partial charge in [-0.25, -0.2) is 0 Å². The van der Waals surface area contributed by atoms with Crippen LogP contribution < -0.4 is 10.6 Å². The van der Waals surface area contributed by atoms with Crippen LogP contribution in [0.5, 0.6) is 0 Å². The number of hydrogen-bond donors (Lipinski definition) is 2. The van der Waals surface area contributed by atoms with Crippen LogP contribution in [0.2, 0.25) is 0 Å². The van der Waals surface area contributed by atoms with Crippen LogP contribution in [0.1, 0.15) is 58.3 Å². The summed E-state index contributed by atoms with van der Waals surface area (Å²) in [5, 5.41) is 7.45. The summed E-state index contributed by atoms with van der Waals surface area (Å²) in [5.74, 6) is 0.262. The van der Waals surface area contributed by atoms with Gasteiger partial charge in [-0.15, -0.1) is 0 Å². The Morgan fingerprint density at radius 1 is 1.37 bits per heavy atom. The molecule has 19 heavy (non-hydrogen) atoms. The molecule has 1 amide bonds. The maximum atomic E-state index is 12.7. The summed E-state index contributed by atoms with van der Waals surface area (Å²) in [4.78, 5) is 12.7. The average Bonchev–Trinajstić information content (AvgIpc) is 2.90. The van der Waals surface area contributed by atoms with E-state index in [9.17, 15) is 4.79 Å². The summed E-state index contributed by atoms with van der Waals surface area (Å²) >= 11 is 1.92. The Bertz CT molecular complexity index is 303. The highest BCUT2D eigenvalue weighted by Gasteiger charge is 2.41. The molecule has 0 radical (unpaired) electrons. The molecule has 1 saturated heterocycles. The number of nitrogens with one attached hydrogen (secondary N) is 2. The van der Waals surface area contributed by atoms with Crippen molar-refractivity contribution in [1.29, 1.82) is 0 Å². The molecule has 3 unspecified atom stereocenters. The molecule has 0 spiro atoms. The number of hydrogen-bond acceptors (Lipinski definition) is 3. The zero-order chi connectivity index (χ0) is 13.7. The van der Waals surface area contributed by atoms with Crippen molar-refractivity contribution >= 4 is 17.7 Å². The third-order valence-electron chi connectivity index (χ3n) is 4.68. The lowest BCUT2D eigenvalue weighted by Gasteiger charge is -2.35. The molecule has 2 fully saturated rings. The molecule has 0 aromatic heterocycles. The van der Waals surface area contributed by atoms with Crippen LogP contribution in [0.25, 0.3) is 0 Å². The summed E-state index contributed by atoms with van der Waals surface area (Å²) in [7, 11) is 0. The lowest BCUT2D eigenvalue weighted by atomic mass is 9.89. The molecule has 2 rings (SSSR count). The van der Waals surface area contributed by atoms with E-state index in [-0.39, 0.29) is 11.4 Å². The molecule has 1 aliphatic carbocycles. The molecule has 3 atom stereocenters.